The van der Waals surface area contributed by atoms with Crippen LogP contribution in [0.1, 0.15) is 22.8 Å². The fourth-order valence-electron chi connectivity index (χ4n) is 2.40. The molecule has 0 aromatic heterocycles. The molecule has 0 saturated carbocycles. The van der Waals surface area contributed by atoms with Crippen LogP contribution in [0.15, 0.2) is 42.2 Å². The molecule has 130 valence electrons. The SMILES string of the molecule is CCOc1cc(/C=C2/Oc3cc(O)ccc3C2=O)ccc1OC(F)F. The Morgan fingerprint density at radius 3 is 2.72 bits per heavy atom. The number of carbonyl (C=O) groups is 1. The fourth-order valence-corrected chi connectivity index (χ4v) is 2.40. The number of hydrogen-bond acceptors (Lipinski definition) is 5. The summed E-state index contributed by atoms with van der Waals surface area (Å²) >= 11 is 0. The molecule has 0 atom stereocenters. The maximum atomic E-state index is 12.4. The van der Waals surface area contributed by atoms with Crippen molar-refractivity contribution in [3.8, 4) is 23.0 Å². The minimum absolute atomic E-state index is 0.0140. The fraction of sp³-hybridized carbons (Fsp3) is 0.167. The number of halogens is 2. The molecular weight excluding hydrogens is 334 g/mol. The van der Waals surface area contributed by atoms with Crippen molar-refractivity contribution < 1.29 is 32.9 Å². The number of benzene rings is 2. The number of ketones is 1. The Morgan fingerprint density at radius 1 is 1.20 bits per heavy atom. The highest BCUT2D eigenvalue weighted by molar-refractivity contribution is 6.14. The molecule has 0 fully saturated rings. The molecule has 0 radical (unpaired) electrons. The van der Waals surface area contributed by atoms with Gasteiger partial charge in [-0.15, -0.1) is 0 Å². The van der Waals surface area contributed by atoms with E-state index in [0.29, 0.717) is 11.1 Å². The summed E-state index contributed by atoms with van der Waals surface area (Å²) in [7, 11) is 0. The number of phenols is 1. The van der Waals surface area contributed by atoms with E-state index in [1.165, 1.54) is 42.5 Å². The van der Waals surface area contributed by atoms with Gasteiger partial charge >= 0.3 is 6.61 Å². The van der Waals surface area contributed by atoms with Gasteiger partial charge in [0.25, 0.3) is 0 Å². The Bertz CT molecular complexity index is 845. The summed E-state index contributed by atoms with van der Waals surface area (Å²) in [6, 6.07) is 8.53. The number of carbonyl (C=O) groups excluding carboxylic acids is 1. The smallest absolute Gasteiger partial charge is 0.387 e. The summed E-state index contributed by atoms with van der Waals surface area (Å²) in [6.07, 6.45) is 1.47. The second kappa shape index (κ2) is 6.80. The second-order valence-corrected chi connectivity index (χ2v) is 5.14. The van der Waals surface area contributed by atoms with Crippen LogP contribution in [0.3, 0.4) is 0 Å². The monoisotopic (exact) mass is 348 g/mol. The quantitative estimate of drug-likeness (QED) is 0.827. The molecule has 0 bridgehead atoms. The van der Waals surface area contributed by atoms with Crippen molar-refractivity contribution >= 4 is 11.9 Å². The van der Waals surface area contributed by atoms with Crippen LogP contribution >= 0.6 is 0 Å². The van der Waals surface area contributed by atoms with Crippen LogP contribution in [0.2, 0.25) is 0 Å². The number of rotatable bonds is 5. The van der Waals surface area contributed by atoms with Gasteiger partial charge in [0.15, 0.2) is 17.3 Å². The zero-order chi connectivity index (χ0) is 18.0. The standard InChI is InChI=1S/C18H14F2O5/c1-2-23-15-7-10(3-6-13(15)25-18(19)20)8-16-17(22)12-5-4-11(21)9-14(12)24-16/h3-9,18,21H,2H2,1H3/b16-8+. The maximum Gasteiger partial charge on any atom is 0.387 e. The molecule has 0 amide bonds. The number of aromatic hydroxyl groups is 1. The van der Waals surface area contributed by atoms with Crippen LogP contribution in [-0.2, 0) is 0 Å². The Kier molecular flexibility index (Phi) is 4.56. The van der Waals surface area contributed by atoms with Gasteiger partial charge in [0.1, 0.15) is 11.5 Å². The molecule has 3 rings (SSSR count). The van der Waals surface area contributed by atoms with Gasteiger partial charge in [0.2, 0.25) is 5.78 Å². The minimum atomic E-state index is -2.97. The van der Waals surface area contributed by atoms with E-state index in [0.717, 1.165) is 0 Å². The first-order valence-electron chi connectivity index (χ1n) is 7.47. The van der Waals surface area contributed by atoms with Gasteiger partial charge in [0.05, 0.1) is 12.2 Å². The number of alkyl halides is 2. The first kappa shape index (κ1) is 16.8. The summed E-state index contributed by atoms with van der Waals surface area (Å²) in [4.78, 5) is 12.3. The molecule has 0 saturated heterocycles. The second-order valence-electron chi connectivity index (χ2n) is 5.14. The first-order chi connectivity index (χ1) is 12.0. The molecule has 0 aliphatic carbocycles. The number of Topliss-reactive ketones (excluding diaryl/α,β-unsaturated/α-hetero) is 1. The average Bonchev–Trinajstić information content (AvgIpc) is 2.85. The molecule has 2 aromatic rings. The van der Waals surface area contributed by atoms with Gasteiger partial charge in [-0.25, -0.2) is 0 Å². The van der Waals surface area contributed by atoms with E-state index in [1.807, 2.05) is 0 Å². The van der Waals surface area contributed by atoms with E-state index in [1.54, 1.807) is 6.92 Å². The molecular formula is C18H14F2O5. The lowest BCUT2D eigenvalue weighted by Crippen LogP contribution is -2.05. The van der Waals surface area contributed by atoms with Gasteiger partial charge in [0, 0.05) is 6.07 Å². The normalized spacial score (nSPS) is 14.6. The molecule has 1 heterocycles. The Morgan fingerprint density at radius 2 is 2.00 bits per heavy atom. The highest BCUT2D eigenvalue weighted by atomic mass is 19.3. The molecule has 2 aromatic carbocycles. The van der Waals surface area contributed by atoms with Crippen LogP contribution in [0.25, 0.3) is 6.08 Å². The van der Waals surface area contributed by atoms with Crippen LogP contribution in [0.4, 0.5) is 8.78 Å². The Balaban J connectivity index is 1.91. The topological polar surface area (TPSA) is 65.0 Å². The molecule has 25 heavy (non-hydrogen) atoms. The summed E-state index contributed by atoms with van der Waals surface area (Å²) < 4.78 is 40.0. The lowest BCUT2D eigenvalue weighted by Gasteiger charge is -2.11. The van der Waals surface area contributed by atoms with Gasteiger partial charge < -0.3 is 19.3 Å². The third-order valence-electron chi connectivity index (χ3n) is 3.43. The van der Waals surface area contributed by atoms with Gasteiger partial charge in [-0.3, -0.25) is 4.79 Å². The summed E-state index contributed by atoms with van der Waals surface area (Å²) in [5.74, 6) is 0.0222. The lowest BCUT2D eigenvalue weighted by atomic mass is 10.1. The van der Waals surface area contributed by atoms with Gasteiger partial charge in [-0.1, -0.05) is 6.07 Å². The third-order valence-corrected chi connectivity index (χ3v) is 3.43. The predicted molar refractivity (Wildman–Crippen MR) is 85.3 cm³/mol. The Labute approximate surface area is 142 Å². The van der Waals surface area contributed by atoms with Gasteiger partial charge in [-0.2, -0.15) is 8.78 Å². The average molecular weight is 348 g/mol. The van der Waals surface area contributed by atoms with Crippen molar-refractivity contribution in [1.29, 1.82) is 0 Å². The lowest BCUT2D eigenvalue weighted by molar-refractivity contribution is -0.0514. The maximum absolute atomic E-state index is 12.4. The van der Waals surface area contributed by atoms with Crippen molar-refractivity contribution in [2.75, 3.05) is 6.61 Å². The van der Waals surface area contributed by atoms with E-state index >= 15 is 0 Å². The van der Waals surface area contributed by atoms with E-state index in [9.17, 15) is 18.7 Å². The zero-order valence-electron chi connectivity index (χ0n) is 13.2. The number of allylic oxidation sites excluding steroid dienone is 1. The van der Waals surface area contributed by atoms with Crippen molar-refractivity contribution in [3.05, 3.63) is 53.3 Å². The van der Waals surface area contributed by atoms with Gasteiger partial charge in [-0.05, 0) is 42.8 Å². The molecule has 0 unspecified atom stereocenters. The minimum Gasteiger partial charge on any atom is -0.508 e. The van der Waals surface area contributed by atoms with Crippen molar-refractivity contribution in [2.24, 2.45) is 0 Å². The highest BCUT2D eigenvalue weighted by Gasteiger charge is 2.27. The zero-order valence-corrected chi connectivity index (χ0v) is 13.2. The highest BCUT2D eigenvalue weighted by Crippen LogP contribution is 2.35. The number of fused-ring (bicyclic) bond motifs is 1. The summed E-state index contributed by atoms with van der Waals surface area (Å²) in [6.45, 7) is -0.991. The van der Waals surface area contributed by atoms with E-state index in [-0.39, 0.29) is 41.1 Å². The largest absolute Gasteiger partial charge is 0.508 e. The first-order valence-corrected chi connectivity index (χ1v) is 7.47. The number of ether oxygens (including phenoxy) is 3. The van der Waals surface area contributed by atoms with E-state index < -0.39 is 6.61 Å². The van der Waals surface area contributed by atoms with Crippen LogP contribution < -0.4 is 14.2 Å². The summed E-state index contributed by atoms with van der Waals surface area (Å²) in [5, 5.41) is 9.45. The molecule has 7 heteroatoms. The van der Waals surface area contributed by atoms with Crippen molar-refractivity contribution in [2.45, 2.75) is 13.5 Å². The van der Waals surface area contributed by atoms with Crippen molar-refractivity contribution in [3.63, 3.8) is 0 Å². The predicted octanol–water partition coefficient (Wildman–Crippen LogP) is 4.01. The van der Waals surface area contributed by atoms with E-state index in [2.05, 4.69) is 4.74 Å². The number of hydrogen-bond donors (Lipinski definition) is 1. The Hall–Kier alpha value is -3.09. The molecule has 5 nitrogen and oxygen atoms in total. The van der Waals surface area contributed by atoms with Crippen LogP contribution in [-0.4, -0.2) is 24.1 Å². The molecule has 1 aliphatic heterocycles. The summed E-state index contributed by atoms with van der Waals surface area (Å²) in [5.41, 5.74) is 0.858. The molecule has 0 spiro atoms. The van der Waals surface area contributed by atoms with E-state index in [4.69, 9.17) is 9.47 Å². The van der Waals surface area contributed by atoms with Crippen LogP contribution in [0.5, 0.6) is 23.0 Å². The molecule has 1 N–H and O–H groups in total. The molecule has 1 aliphatic rings. The van der Waals surface area contributed by atoms with Crippen molar-refractivity contribution in [1.82, 2.24) is 0 Å². The third kappa shape index (κ3) is 3.55. The van der Waals surface area contributed by atoms with Crippen LogP contribution in [0, 0.1) is 0 Å². The number of phenolic OH excluding ortho intramolecular Hbond substituents is 1.